The van der Waals surface area contributed by atoms with Crippen LogP contribution in [-0.2, 0) is 12.8 Å². The Kier molecular flexibility index (Phi) is 4.54. The molecule has 31 heavy (non-hydrogen) atoms. The monoisotopic (exact) mass is 421 g/mol. The number of halogens is 2. The van der Waals surface area contributed by atoms with E-state index in [1.165, 1.54) is 33.6 Å². The molecule has 4 aromatic rings. The third-order valence-corrected chi connectivity index (χ3v) is 5.29. The van der Waals surface area contributed by atoms with Crippen LogP contribution < -0.4 is 5.32 Å². The highest BCUT2D eigenvalue weighted by molar-refractivity contribution is 6.04. The molecule has 0 saturated heterocycles. The van der Waals surface area contributed by atoms with Gasteiger partial charge in [-0.2, -0.15) is 9.78 Å². The molecule has 156 valence electrons. The number of amides is 1. The van der Waals surface area contributed by atoms with Crippen molar-refractivity contribution < 1.29 is 13.6 Å². The highest BCUT2D eigenvalue weighted by Crippen LogP contribution is 2.29. The van der Waals surface area contributed by atoms with Gasteiger partial charge < -0.3 is 5.32 Å². The van der Waals surface area contributed by atoms with Crippen molar-refractivity contribution in [3.8, 4) is 11.4 Å². The van der Waals surface area contributed by atoms with Crippen LogP contribution >= 0.6 is 0 Å². The zero-order chi connectivity index (χ0) is 21.5. The topological polar surface area (TPSA) is 90.5 Å². The molecule has 2 aromatic carbocycles. The third-order valence-electron chi connectivity index (χ3n) is 5.29. The van der Waals surface area contributed by atoms with E-state index in [1.807, 2.05) is 0 Å². The number of nitrogens with one attached hydrogen (secondary N) is 1. The van der Waals surface area contributed by atoms with Gasteiger partial charge in [-0.25, -0.2) is 13.5 Å². The molecule has 8 nitrogen and oxygen atoms in total. The van der Waals surface area contributed by atoms with Gasteiger partial charge in [0.05, 0.1) is 11.4 Å². The standard InChI is InChI=1S/C21H17F2N7O/c1-12-25-27-28-29(12)13-9-10-15(22)17(11-13)24-21(31)20-14-5-4-8-18(14)30(26-20)19-7-3-2-6-16(19)23/h2-3,6-7,9-11H,4-5,8H2,1H3,(H,24,31). The van der Waals surface area contributed by atoms with Crippen molar-refractivity contribution in [2.75, 3.05) is 5.32 Å². The molecule has 0 spiro atoms. The van der Waals surface area contributed by atoms with Gasteiger partial charge in [0.15, 0.2) is 11.5 Å². The van der Waals surface area contributed by atoms with Gasteiger partial charge in [0, 0.05) is 11.3 Å². The zero-order valence-corrected chi connectivity index (χ0v) is 16.5. The number of aromatic nitrogens is 6. The van der Waals surface area contributed by atoms with Crippen LogP contribution in [-0.4, -0.2) is 35.9 Å². The Labute approximate surface area is 175 Å². The van der Waals surface area contributed by atoms with Crippen LogP contribution in [0.1, 0.15) is 34.0 Å². The Morgan fingerprint density at radius 2 is 1.90 bits per heavy atom. The number of rotatable bonds is 4. The lowest BCUT2D eigenvalue weighted by Gasteiger charge is -2.09. The first-order chi connectivity index (χ1) is 15.0. The SMILES string of the molecule is Cc1nnnn1-c1ccc(F)c(NC(=O)c2nn(-c3ccccc3F)c3c2CCC3)c1. The van der Waals surface area contributed by atoms with Crippen molar-refractivity contribution in [1.82, 2.24) is 30.0 Å². The highest BCUT2D eigenvalue weighted by atomic mass is 19.1. The molecule has 0 unspecified atom stereocenters. The lowest BCUT2D eigenvalue weighted by atomic mass is 10.2. The first-order valence-electron chi connectivity index (χ1n) is 9.75. The fourth-order valence-corrected chi connectivity index (χ4v) is 3.84. The number of anilines is 1. The maximum atomic E-state index is 14.4. The molecule has 1 N–H and O–H groups in total. The number of benzene rings is 2. The van der Waals surface area contributed by atoms with Crippen molar-refractivity contribution >= 4 is 11.6 Å². The molecule has 10 heteroatoms. The highest BCUT2D eigenvalue weighted by Gasteiger charge is 2.28. The van der Waals surface area contributed by atoms with Crippen LogP contribution in [0.25, 0.3) is 11.4 Å². The van der Waals surface area contributed by atoms with Gasteiger partial charge in [0.25, 0.3) is 5.91 Å². The molecule has 0 radical (unpaired) electrons. The lowest BCUT2D eigenvalue weighted by molar-refractivity contribution is 0.102. The minimum Gasteiger partial charge on any atom is -0.318 e. The van der Waals surface area contributed by atoms with E-state index in [2.05, 4.69) is 25.9 Å². The molecule has 1 amide bonds. The molecule has 2 aromatic heterocycles. The minimum absolute atomic E-state index is 0.0235. The third kappa shape index (κ3) is 3.25. The number of hydrogen-bond donors (Lipinski definition) is 1. The molecule has 0 bridgehead atoms. The van der Waals surface area contributed by atoms with Crippen LogP contribution in [0.2, 0.25) is 0 Å². The summed E-state index contributed by atoms with van der Waals surface area (Å²) in [4.78, 5) is 13.0. The summed E-state index contributed by atoms with van der Waals surface area (Å²) in [6.07, 6.45) is 2.18. The van der Waals surface area contributed by atoms with Crippen molar-refractivity contribution in [2.45, 2.75) is 26.2 Å². The fraction of sp³-hybridized carbons (Fsp3) is 0.190. The van der Waals surface area contributed by atoms with Crippen LogP contribution in [0, 0.1) is 18.6 Å². The summed E-state index contributed by atoms with van der Waals surface area (Å²) < 4.78 is 31.7. The second kappa shape index (κ2) is 7.38. The summed E-state index contributed by atoms with van der Waals surface area (Å²) in [7, 11) is 0. The van der Waals surface area contributed by atoms with Crippen LogP contribution in [0.15, 0.2) is 42.5 Å². The first kappa shape index (κ1) is 19.0. The van der Waals surface area contributed by atoms with Crippen LogP contribution in [0.4, 0.5) is 14.5 Å². The summed E-state index contributed by atoms with van der Waals surface area (Å²) >= 11 is 0. The van der Waals surface area contributed by atoms with Crippen LogP contribution in [0.3, 0.4) is 0 Å². The number of hydrogen-bond acceptors (Lipinski definition) is 5. The molecule has 0 fully saturated rings. The second-order valence-corrected chi connectivity index (χ2v) is 7.25. The maximum absolute atomic E-state index is 14.4. The van der Waals surface area contributed by atoms with Crippen molar-refractivity contribution in [2.24, 2.45) is 0 Å². The fourth-order valence-electron chi connectivity index (χ4n) is 3.84. The van der Waals surface area contributed by atoms with E-state index in [9.17, 15) is 13.6 Å². The summed E-state index contributed by atoms with van der Waals surface area (Å²) in [5.74, 6) is -1.07. The average Bonchev–Trinajstić information content (AvgIpc) is 3.47. The number of carbonyl (C=O) groups excluding carboxylic acids is 1. The van der Waals surface area contributed by atoms with Gasteiger partial charge in [0.1, 0.15) is 17.3 Å². The van der Waals surface area contributed by atoms with Gasteiger partial charge >= 0.3 is 0 Å². The van der Waals surface area contributed by atoms with Gasteiger partial charge in [0.2, 0.25) is 0 Å². The number of nitrogens with zero attached hydrogens (tertiary/aromatic N) is 6. The maximum Gasteiger partial charge on any atom is 0.276 e. The van der Waals surface area contributed by atoms with Gasteiger partial charge in [-0.3, -0.25) is 4.79 Å². The molecule has 0 aliphatic heterocycles. The Bertz CT molecular complexity index is 1310. The largest absolute Gasteiger partial charge is 0.318 e. The van der Waals surface area contributed by atoms with Gasteiger partial charge in [-0.1, -0.05) is 12.1 Å². The van der Waals surface area contributed by atoms with E-state index in [0.717, 1.165) is 17.7 Å². The molecule has 0 saturated carbocycles. The normalized spacial score (nSPS) is 12.7. The summed E-state index contributed by atoms with van der Waals surface area (Å²) in [5.41, 5.74) is 2.48. The van der Waals surface area contributed by atoms with Crippen molar-refractivity contribution in [1.29, 1.82) is 0 Å². The van der Waals surface area contributed by atoms with Crippen LogP contribution in [0.5, 0.6) is 0 Å². The second-order valence-electron chi connectivity index (χ2n) is 7.25. The Balaban J connectivity index is 1.51. The average molecular weight is 421 g/mol. The zero-order valence-electron chi connectivity index (χ0n) is 16.5. The predicted octanol–water partition coefficient (Wildman–Crippen LogP) is 3.18. The van der Waals surface area contributed by atoms with E-state index in [-0.39, 0.29) is 17.1 Å². The number of carbonyl (C=O) groups is 1. The van der Waals surface area contributed by atoms with E-state index < -0.39 is 17.5 Å². The number of para-hydroxylation sites is 1. The molecular formula is C21H17F2N7O. The van der Waals surface area contributed by atoms with E-state index in [1.54, 1.807) is 25.1 Å². The molecule has 0 atom stereocenters. The number of fused-ring (bicyclic) bond motifs is 1. The molecule has 5 rings (SSSR count). The molecule has 1 aliphatic carbocycles. The number of aryl methyl sites for hydroxylation is 1. The number of tetrazole rings is 1. The smallest absolute Gasteiger partial charge is 0.276 e. The summed E-state index contributed by atoms with van der Waals surface area (Å²) in [6.45, 7) is 1.71. The lowest BCUT2D eigenvalue weighted by Crippen LogP contribution is -2.16. The summed E-state index contributed by atoms with van der Waals surface area (Å²) in [6, 6.07) is 10.5. The molecule has 2 heterocycles. The Hall–Kier alpha value is -3.95. The summed E-state index contributed by atoms with van der Waals surface area (Å²) in [5, 5.41) is 18.2. The first-order valence-corrected chi connectivity index (χ1v) is 9.75. The molecular weight excluding hydrogens is 404 g/mol. The quantitative estimate of drug-likeness (QED) is 0.547. The Morgan fingerprint density at radius 1 is 1.06 bits per heavy atom. The van der Waals surface area contributed by atoms with Gasteiger partial charge in [-0.05, 0) is 66.9 Å². The molecule has 1 aliphatic rings. The van der Waals surface area contributed by atoms with E-state index >= 15 is 0 Å². The van der Waals surface area contributed by atoms with E-state index in [4.69, 9.17) is 0 Å². The van der Waals surface area contributed by atoms with Crippen molar-refractivity contribution in [3.63, 3.8) is 0 Å². The van der Waals surface area contributed by atoms with Gasteiger partial charge in [-0.15, -0.1) is 5.10 Å². The Morgan fingerprint density at radius 3 is 2.68 bits per heavy atom. The van der Waals surface area contributed by atoms with Crippen molar-refractivity contribution in [3.05, 3.63) is 76.9 Å². The predicted molar refractivity (Wildman–Crippen MR) is 107 cm³/mol. The minimum atomic E-state index is -0.604. The van der Waals surface area contributed by atoms with E-state index in [0.29, 0.717) is 24.4 Å².